The first-order valence-electron chi connectivity index (χ1n) is 8.39. The second-order valence-corrected chi connectivity index (χ2v) is 6.66. The van der Waals surface area contributed by atoms with Crippen LogP contribution in [0.1, 0.15) is 26.3 Å². The molecular formula is C19H26O5. The molecule has 0 N–H and O–H groups in total. The first kappa shape index (κ1) is 17.6. The lowest BCUT2D eigenvalue weighted by molar-refractivity contribution is -0.283. The van der Waals surface area contributed by atoms with Crippen molar-refractivity contribution in [1.29, 1.82) is 0 Å². The van der Waals surface area contributed by atoms with Crippen LogP contribution in [0.3, 0.4) is 0 Å². The molecule has 0 saturated carbocycles. The van der Waals surface area contributed by atoms with Crippen LogP contribution in [0.4, 0.5) is 0 Å². The van der Waals surface area contributed by atoms with Crippen molar-refractivity contribution in [3.05, 3.63) is 48.6 Å². The summed E-state index contributed by atoms with van der Waals surface area (Å²) in [5.74, 6) is -0.658. The van der Waals surface area contributed by atoms with Crippen LogP contribution < -0.4 is 0 Å². The van der Waals surface area contributed by atoms with Crippen molar-refractivity contribution in [2.24, 2.45) is 0 Å². The van der Waals surface area contributed by atoms with E-state index in [0.29, 0.717) is 13.2 Å². The van der Waals surface area contributed by atoms with Crippen molar-refractivity contribution in [3.63, 3.8) is 0 Å². The molecule has 3 rings (SSSR count). The van der Waals surface area contributed by atoms with Crippen molar-refractivity contribution in [3.8, 4) is 0 Å². The summed E-state index contributed by atoms with van der Waals surface area (Å²) in [5.41, 5.74) is 1.09. The fourth-order valence-electron chi connectivity index (χ4n) is 3.19. The Balaban J connectivity index is 1.75. The quantitative estimate of drug-likeness (QED) is 0.748. The zero-order valence-corrected chi connectivity index (χ0v) is 14.5. The molecule has 132 valence electrons. The van der Waals surface area contributed by atoms with Gasteiger partial charge in [0.05, 0.1) is 19.3 Å². The van der Waals surface area contributed by atoms with Gasteiger partial charge < -0.3 is 23.7 Å². The van der Waals surface area contributed by atoms with E-state index in [1.54, 1.807) is 6.08 Å². The molecule has 0 amide bonds. The molecule has 0 spiro atoms. The van der Waals surface area contributed by atoms with E-state index >= 15 is 0 Å². The highest BCUT2D eigenvalue weighted by Gasteiger charge is 2.54. The molecule has 2 aliphatic rings. The number of hydrogen-bond donors (Lipinski definition) is 0. The molecule has 0 unspecified atom stereocenters. The van der Waals surface area contributed by atoms with Gasteiger partial charge in [-0.1, -0.05) is 36.4 Å². The molecule has 5 heteroatoms. The van der Waals surface area contributed by atoms with Gasteiger partial charge in [-0.15, -0.1) is 6.58 Å². The maximum atomic E-state index is 6.14. The van der Waals surface area contributed by atoms with Crippen molar-refractivity contribution in [2.75, 3.05) is 6.61 Å². The van der Waals surface area contributed by atoms with Gasteiger partial charge in [0.1, 0.15) is 18.3 Å². The average Bonchev–Trinajstić information content (AvgIpc) is 2.89. The van der Waals surface area contributed by atoms with E-state index in [1.165, 1.54) is 0 Å². The normalized spacial score (nSPS) is 34.7. The minimum atomic E-state index is -0.658. The van der Waals surface area contributed by atoms with Crippen LogP contribution in [0.15, 0.2) is 43.0 Å². The lowest BCUT2D eigenvalue weighted by Gasteiger charge is -2.40. The fourth-order valence-corrected chi connectivity index (χ4v) is 3.19. The van der Waals surface area contributed by atoms with Crippen molar-refractivity contribution in [2.45, 2.75) is 63.9 Å². The van der Waals surface area contributed by atoms with E-state index in [9.17, 15) is 0 Å². The van der Waals surface area contributed by atoms with E-state index in [1.807, 2.05) is 51.1 Å². The highest BCUT2D eigenvalue weighted by atomic mass is 16.8. The van der Waals surface area contributed by atoms with Crippen molar-refractivity contribution < 1.29 is 23.7 Å². The predicted octanol–water partition coefficient (Wildman–Crippen LogP) is 3.04. The van der Waals surface area contributed by atoms with Gasteiger partial charge in [-0.25, -0.2) is 0 Å². The largest absolute Gasteiger partial charge is 0.365 e. The van der Waals surface area contributed by atoms with Gasteiger partial charge in [0.2, 0.25) is 0 Å². The molecule has 5 nitrogen and oxygen atoms in total. The summed E-state index contributed by atoms with van der Waals surface area (Å²) in [4.78, 5) is 0. The summed E-state index contributed by atoms with van der Waals surface area (Å²) in [6.07, 6.45) is 0.271. The van der Waals surface area contributed by atoms with Crippen LogP contribution in [0.2, 0.25) is 0 Å². The summed E-state index contributed by atoms with van der Waals surface area (Å²) in [6.45, 7) is 10.3. The molecule has 2 heterocycles. The molecule has 2 aliphatic heterocycles. The Labute approximate surface area is 143 Å². The molecule has 5 atom stereocenters. The Hall–Kier alpha value is -1.24. The summed E-state index contributed by atoms with van der Waals surface area (Å²) < 4.78 is 30.0. The zero-order valence-electron chi connectivity index (χ0n) is 14.5. The third-order valence-electron chi connectivity index (χ3n) is 4.23. The number of benzene rings is 1. The lowest BCUT2D eigenvalue weighted by Crippen LogP contribution is -2.57. The second-order valence-electron chi connectivity index (χ2n) is 6.66. The minimum absolute atomic E-state index is 0.136. The SMILES string of the molecule is C=CCO[C@H]1O[C@@H](C)[C@H]2OC(C)(C)O[C@H]2[C@@H]1OCc1ccccc1. The van der Waals surface area contributed by atoms with E-state index < -0.39 is 12.1 Å². The number of ether oxygens (including phenoxy) is 5. The van der Waals surface area contributed by atoms with Gasteiger partial charge in [-0.2, -0.15) is 0 Å². The van der Waals surface area contributed by atoms with Crippen LogP contribution in [0, 0.1) is 0 Å². The predicted molar refractivity (Wildman–Crippen MR) is 89.3 cm³/mol. The van der Waals surface area contributed by atoms with Gasteiger partial charge in [0.15, 0.2) is 12.1 Å². The smallest absolute Gasteiger partial charge is 0.187 e. The van der Waals surface area contributed by atoms with Crippen molar-refractivity contribution in [1.82, 2.24) is 0 Å². The van der Waals surface area contributed by atoms with Crippen molar-refractivity contribution >= 4 is 0 Å². The Morgan fingerprint density at radius 3 is 2.54 bits per heavy atom. The molecule has 2 saturated heterocycles. The molecule has 0 bridgehead atoms. The van der Waals surface area contributed by atoms with Crippen LogP contribution in [0.5, 0.6) is 0 Å². The van der Waals surface area contributed by atoms with Gasteiger partial charge in [0, 0.05) is 0 Å². The molecule has 24 heavy (non-hydrogen) atoms. The lowest BCUT2D eigenvalue weighted by atomic mass is 10.00. The van der Waals surface area contributed by atoms with E-state index in [2.05, 4.69) is 6.58 Å². The number of rotatable bonds is 6. The molecule has 2 fully saturated rings. The first-order valence-corrected chi connectivity index (χ1v) is 8.39. The topological polar surface area (TPSA) is 46.2 Å². The highest BCUT2D eigenvalue weighted by Crippen LogP contribution is 2.39. The third kappa shape index (κ3) is 3.87. The molecule has 1 aromatic rings. The van der Waals surface area contributed by atoms with Crippen LogP contribution in [-0.4, -0.2) is 43.1 Å². The molecule has 0 aliphatic carbocycles. The molecule has 0 radical (unpaired) electrons. The van der Waals surface area contributed by atoms with Crippen LogP contribution in [-0.2, 0) is 30.3 Å². The Morgan fingerprint density at radius 2 is 1.83 bits per heavy atom. The average molecular weight is 334 g/mol. The number of fused-ring (bicyclic) bond motifs is 1. The molecular weight excluding hydrogens is 308 g/mol. The van der Waals surface area contributed by atoms with E-state index in [-0.39, 0.29) is 24.4 Å². The van der Waals surface area contributed by atoms with Gasteiger partial charge in [-0.05, 0) is 26.3 Å². The highest BCUT2D eigenvalue weighted by molar-refractivity contribution is 5.13. The van der Waals surface area contributed by atoms with Gasteiger partial charge in [-0.3, -0.25) is 0 Å². The molecule has 0 aromatic heterocycles. The summed E-state index contributed by atoms with van der Waals surface area (Å²) in [6, 6.07) is 10.0. The Kier molecular flexibility index (Phi) is 5.37. The first-order chi connectivity index (χ1) is 11.5. The van der Waals surface area contributed by atoms with Gasteiger partial charge in [0.25, 0.3) is 0 Å². The summed E-state index contributed by atoms with van der Waals surface area (Å²) in [5, 5.41) is 0. The van der Waals surface area contributed by atoms with E-state index in [0.717, 1.165) is 5.56 Å². The Morgan fingerprint density at radius 1 is 1.12 bits per heavy atom. The molecule has 1 aromatic carbocycles. The van der Waals surface area contributed by atoms with Crippen LogP contribution >= 0.6 is 0 Å². The maximum Gasteiger partial charge on any atom is 0.187 e. The minimum Gasteiger partial charge on any atom is -0.365 e. The fraction of sp³-hybridized carbons (Fsp3) is 0.579. The zero-order chi connectivity index (χ0) is 17.2. The standard InChI is InChI=1S/C19H26O5/c1-5-11-20-18-17(21-12-14-9-7-6-8-10-14)16-15(13(2)22-18)23-19(3,4)24-16/h5-10,13,15-18H,1,11-12H2,2-4H3/t13-,15+,16+,17-,18-/m0/s1. The monoisotopic (exact) mass is 334 g/mol. The second kappa shape index (κ2) is 7.33. The third-order valence-corrected chi connectivity index (χ3v) is 4.23. The summed E-state index contributed by atoms with van der Waals surface area (Å²) in [7, 11) is 0. The van der Waals surface area contributed by atoms with Crippen LogP contribution in [0.25, 0.3) is 0 Å². The Bertz CT molecular complexity index is 544. The summed E-state index contributed by atoms with van der Waals surface area (Å²) >= 11 is 0. The maximum absolute atomic E-state index is 6.14. The van der Waals surface area contributed by atoms with E-state index in [4.69, 9.17) is 23.7 Å². The van der Waals surface area contributed by atoms with Gasteiger partial charge >= 0.3 is 0 Å². The number of hydrogen-bond acceptors (Lipinski definition) is 5.